The van der Waals surface area contributed by atoms with Gasteiger partial charge in [-0.05, 0) is 12.8 Å². The zero-order chi connectivity index (χ0) is 41.5. The van der Waals surface area contributed by atoms with E-state index in [0.717, 1.165) is 0 Å². The summed E-state index contributed by atoms with van der Waals surface area (Å²) in [6, 6.07) is -13.3. The number of nitrogens with two attached hydrogens (primary N) is 3. The summed E-state index contributed by atoms with van der Waals surface area (Å²) in [4.78, 5) is 104. The van der Waals surface area contributed by atoms with Crippen LogP contribution in [-0.2, 0) is 38.4 Å². The highest BCUT2D eigenvalue weighted by molar-refractivity contribution is 7.80. The summed E-state index contributed by atoms with van der Waals surface area (Å²) < 4.78 is 0. The summed E-state index contributed by atoms with van der Waals surface area (Å²) in [5.74, 6) is -10.3. The first-order valence-corrected chi connectivity index (χ1v) is 16.5. The molecule has 0 fully saturated rings. The van der Waals surface area contributed by atoms with Crippen LogP contribution in [0.2, 0.25) is 0 Å². The molecule has 27 heteroatoms. The van der Waals surface area contributed by atoms with E-state index >= 15 is 0 Å². The number of carboxylic acid groups (broad SMARTS) is 1. The maximum atomic E-state index is 13.3. The average molecular weight is 800 g/mol. The Hall–Kier alpha value is -4.90. The molecule has 54 heavy (non-hydrogen) atoms. The molecule has 0 radical (unpaired) electrons. The molecule has 0 heterocycles. The fraction of sp³-hybridized carbons (Fsp3) is 0.667. The van der Waals surface area contributed by atoms with Gasteiger partial charge in [-0.25, -0.2) is 4.79 Å². The van der Waals surface area contributed by atoms with Crippen LogP contribution in [0, 0.1) is 0 Å². The molecular weight excluding hydrogens is 750 g/mol. The van der Waals surface area contributed by atoms with Crippen LogP contribution >= 0.6 is 12.6 Å². The average Bonchev–Trinajstić information content (AvgIpc) is 3.14. The van der Waals surface area contributed by atoms with E-state index in [1.807, 2.05) is 16.0 Å². The van der Waals surface area contributed by atoms with E-state index in [4.69, 9.17) is 32.5 Å². The first-order valence-electron chi connectivity index (χ1n) is 15.9. The highest BCUT2D eigenvalue weighted by Gasteiger charge is 2.33. The van der Waals surface area contributed by atoms with Crippen LogP contribution in [0.3, 0.4) is 0 Å². The molecule has 0 spiro atoms. The topological polar surface area (TPSA) is 453 Å². The zero-order valence-electron chi connectivity index (χ0n) is 28.7. The number of amides is 7. The lowest BCUT2D eigenvalue weighted by atomic mass is 10.1. The number of carbonyl (C=O) groups excluding carboxylic acids is 7. The minimum atomic E-state index is -1.85. The third-order valence-electron chi connectivity index (χ3n) is 6.99. The standard InChI is InChI=1S/C27H49N11O15S/c28-11(4-39)19(45)33-13(5-40)21(47)32-12(2-1-3-31-27(29)30)20(46)38-18(10-54)25(51)36-15(7-42)23(49)34-14(6-41)22(48)35-16(8-43)24(50)37-17(9-44)26(52)53/h11-18,39-44,54H,1-10,28H2,(H,32,47)(H,33,45)(H,34,49)(H,35,48)(H,36,51)(H,37,50)(H,38,46)(H,52,53)(H4,29,30,31)/t11-,12-,13-,14-,15-,16-,17-,18-/m0/s1. The van der Waals surface area contributed by atoms with Gasteiger partial charge in [0.15, 0.2) is 5.96 Å². The molecule has 0 aliphatic rings. The molecule has 0 aliphatic carbocycles. The molecule has 0 saturated heterocycles. The predicted molar refractivity (Wildman–Crippen MR) is 185 cm³/mol. The summed E-state index contributed by atoms with van der Waals surface area (Å²) in [6.07, 6.45) is -0.0781. The van der Waals surface area contributed by atoms with Crippen molar-refractivity contribution in [3.05, 3.63) is 0 Å². The van der Waals surface area contributed by atoms with Gasteiger partial charge in [0, 0.05) is 12.3 Å². The molecule has 0 unspecified atom stereocenters. The molecule has 20 N–H and O–H groups in total. The third kappa shape index (κ3) is 17.3. The number of hydrogen-bond donors (Lipinski definition) is 18. The van der Waals surface area contributed by atoms with Crippen molar-refractivity contribution in [2.24, 2.45) is 22.2 Å². The highest BCUT2D eigenvalue weighted by atomic mass is 32.1. The normalized spacial score (nSPS) is 15.3. The van der Waals surface area contributed by atoms with Crippen molar-refractivity contribution in [1.29, 1.82) is 0 Å². The molecule has 0 aromatic carbocycles. The van der Waals surface area contributed by atoms with E-state index in [1.54, 1.807) is 0 Å². The molecule has 0 aromatic heterocycles. The third-order valence-corrected chi connectivity index (χ3v) is 7.35. The summed E-state index contributed by atoms with van der Waals surface area (Å²) >= 11 is 4.02. The fourth-order valence-corrected chi connectivity index (χ4v) is 4.18. The van der Waals surface area contributed by atoms with Crippen molar-refractivity contribution in [3.8, 4) is 0 Å². The number of nitrogens with one attached hydrogen (secondary N) is 7. The van der Waals surface area contributed by atoms with Crippen LogP contribution in [0.15, 0.2) is 4.99 Å². The van der Waals surface area contributed by atoms with Gasteiger partial charge in [-0.15, -0.1) is 0 Å². The number of hydrogen-bond acceptors (Lipinski definition) is 17. The van der Waals surface area contributed by atoms with Crippen LogP contribution in [0.4, 0.5) is 0 Å². The van der Waals surface area contributed by atoms with Gasteiger partial charge in [-0.2, -0.15) is 12.6 Å². The van der Waals surface area contributed by atoms with E-state index in [1.165, 1.54) is 0 Å². The maximum Gasteiger partial charge on any atom is 0.328 e. The lowest BCUT2D eigenvalue weighted by Crippen LogP contribution is -2.62. The molecule has 0 aliphatic heterocycles. The van der Waals surface area contributed by atoms with Crippen LogP contribution in [0.5, 0.6) is 0 Å². The van der Waals surface area contributed by atoms with Gasteiger partial charge >= 0.3 is 5.97 Å². The quantitative estimate of drug-likeness (QED) is 0.0167. The van der Waals surface area contributed by atoms with Gasteiger partial charge in [0.2, 0.25) is 41.4 Å². The van der Waals surface area contributed by atoms with Crippen molar-refractivity contribution in [2.45, 2.75) is 61.2 Å². The number of guanidine groups is 1. The Morgan fingerprint density at radius 3 is 1.15 bits per heavy atom. The molecule has 0 aromatic rings. The Morgan fingerprint density at radius 1 is 0.500 bits per heavy atom. The lowest BCUT2D eigenvalue weighted by molar-refractivity contribution is -0.143. The van der Waals surface area contributed by atoms with Crippen LogP contribution in [0.25, 0.3) is 0 Å². The van der Waals surface area contributed by atoms with Gasteiger partial charge in [0.25, 0.3) is 0 Å². The number of nitrogens with zero attached hydrogens (tertiary/aromatic N) is 1. The van der Waals surface area contributed by atoms with Crippen LogP contribution in [-0.4, -0.2) is 189 Å². The van der Waals surface area contributed by atoms with Crippen molar-refractivity contribution < 1.29 is 74.1 Å². The van der Waals surface area contributed by atoms with Crippen molar-refractivity contribution in [3.63, 3.8) is 0 Å². The van der Waals surface area contributed by atoms with E-state index in [-0.39, 0.29) is 25.3 Å². The van der Waals surface area contributed by atoms with Gasteiger partial charge < -0.3 is 90.2 Å². The smallest absolute Gasteiger partial charge is 0.328 e. The molecule has 26 nitrogen and oxygen atoms in total. The summed E-state index contributed by atoms with van der Waals surface area (Å²) in [5.41, 5.74) is 16.0. The predicted octanol–water partition coefficient (Wildman–Crippen LogP) is -11.3. The number of aliphatic carboxylic acids is 1. The van der Waals surface area contributed by atoms with E-state index in [9.17, 15) is 58.8 Å². The second kappa shape index (κ2) is 26.0. The fourth-order valence-electron chi connectivity index (χ4n) is 3.92. The van der Waals surface area contributed by atoms with Gasteiger partial charge in [-0.3, -0.25) is 38.6 Å². The number of aliphatic hydroxyl groups is 6. The van der Waals surface area contributed by atoms with E-state index in [2.05, 4.69) is 38.9 Å². The number of carboxylic acids is 1. The first kappa shape index (κ1) is 49.1. The summed E-state index contributed by atoms with van der Waals surface area (Å²) in [5, 5.41) is 80.3. The number of thiol groups is 1. The lowest BCUT2D eigenvalue weighted by Gasteiger charge is -2.26. The monoisotopic (exact) mass is 799 g/mol. The Bertz CT molecular complexity index is 1320. The minimum Gasteiger partial charge on any atom is -0.480 e. The molecule has 308 valence electrons. The van der Waals surface area contributed by atoms with E-state index in [0.29, 0.717) is 0 Å². The second-order valence-electron chi connectivity index (χ2n) is 11.1. The summed E-state index contributed by atoms with van der Waals surface area (Å²) in [6.45, 7) is -6.04. The number of rotatable bonds is 26. The maximum absolute atomic E-state index is 13.3. The molecule has 0 rings (SSSR count). The molecule has 8 atom stereocenters. The first-order chi connectivity index (χ1) is 25.4. The van der Waals surface area contributed by atoms with Gasteiger partial charge in [-0.1, -0.05) is 0 Å². The highest BCUT2D eigenvalue weighted by Crippen LogP contribution is 2.03. The van der Waals surface area contributed by atoms with Crippen molar-refractivity contribution in [2.75, 3.05) is 51.9 Å². The number of aliphatic imine (C=N–C) groups is 1. The number of aliphatic hydroxyl groups excluding tert-OH is 6. The SMILES string of the molecule is NC(N)=NCCC[C@H](NC(=O)[C@H](CO)NC(=O)[C@@H](N)CO)C(=O)N[C@@H](CS)C(=O)N[C@@H](CO)C(=O)N[C@@H](CO)C(=O)N[C@@H](CO)C(=O)N[C@@H](CO)C(=O)O. The zero-order valence-corrected chi connectivity index (χ0v) is 29.6. The summed E-state index contributed by atoms with van der Waals surface area (Å²) in [7, 11) is 0. The minimum absolute atomic E-state index is 0.00706. The number of carbonyl (C=O) groups is 8. The van der Waals surface area contributed by atoms with Gasteiger partial charge in [0.1, 0.15) is 48.3 Å². The Kier molecular flexibility index (Phi) is 23.6. The van der Waals surface area contributed by atoms with Crippen molar-refractivity contribution in [1.82, 2.24) is 37.2 Å². The van der Waals surface area contributed by atoms with E-state index < -0.39 is 141 Å². The Balaban J connectivity index is 5.77. The second-order valence-corrected chi connectivity index (χ2v) is 11.5. The van der Waals surface area contributed by atoms with Crippen LogP contribution in [0.1, 0.15) is 12.8 Å². The molecule has 0 saturated carbocycles. The Labute approximate surface area is 312 Å². The van der Waals surface area contributed by atoms with Crippen molar-refractivity contribution >= 4 is 65.9 Å². The van der Waals surface area contributed by atoms with Crippen LogP contribution < -0.4 is 54.4 Å². The Morgan fingerprint density at radius 2 is 0.815 bits per heavy atom. The molecule has 7 amide bonds. The largest absolute Gasteiger partial charge is 0.480 e. The van der Waals surface area contributed by atoms with Gasteiger partial charge in [0.05, 0.1) is 39.6 Å². The molecular formula is C27H49N11O15S. The molecule has 0 bridgehead atoms.